The monoisotopic (exact) mass is 306 g/mol. The SMILES string of the molecule is CCCNC(=O)NC(=O)COC(=O)c1ccc(C(C)C)cc1. The van der Waals surface area contributed by atoms with Crippen molar-refractivity contribution in [3.8, 4) is 0 Å². The second-order valence-corrected chi connectivity index (χ2v) is 5.16. The summed E-state index contributed by atoms with van der Waals surface area (Å²) in [4.78, 5) is 34.5. The lowest BCUT2D eigenvalue weighted by molar-refractivity contribution is -0.123. The molecular weight excluding hydrogens is 284 g/mol. The van der Waals surface area contributed by atoms with E-state index in [1.165, 1.54) is 0 Å². The number of urea groups is 1. The number of carbonyl (C=O) groups is 3. The highest BCUT2D eigenvalue weighted by atomic mass is 16.5. The van der Waals surface area contributed by atoms with Crippen molar-refractivity contribution in [2.45, 2.75) is 33.1 Å². The molecule has 0 spiro atoms. The molecule has 1 aromatic rings. The summed E-state index contributed by atoms with van der Waals surface area (Å²) in [5, 5.41) is 4.57. The second-order valence-electron chi connectivity index (χ2n) is 5.16. The molecule has 0 saturated heterocycles. The van der Waals surface area contributed by atoms with Crippen molar-refractivity contribution in [3.05, 3.63) is 35.4 Å². The minimum atomic E-state index is -0.666. The smallest absolute Gasteiger partial charge is 0.338 e. The average molecular weight is 306 g/mol. The molecule has 0 atom stereocenters. The Morgan fingerprint density at radius 1 is 1.14 bits per heavy atom. The van der Waals surface area contributed by atoms with Gasteiger partial charge >= 0.3 is 12.0 Å². The van der Waals surface area contributed by atoms with Gasteiger partial charge in [0.05, 0.1) is 5.56 Å². The molecule has 0 radical (unpaired) electrons. The number of imide groups is 1. The van der Waals surface area contributed by atoms with Gasteiger partial charge in [0.1, 0.15) is 0 Å². The fourth-order valence-electron chi connectivity index (χ4n) is 1.66. The summed E-state index contributed by atoms with van der Waals surface area (Å²) >= 11 is 0. The number of carbonyl (C=O) groups excluding carboxylic acids is 3. The number of hydrogen-bond acceptors (Lipinski definition) is 4. The van der Waals surface area contributed by atoms with E-state index in [2.05, 4.69) is 24.5 Å². The zero-order chi connectivity index (χ0) is 16.5. The van der Waals surface area contributed by atoms with Crippen LogP contribution in [-0.4, -0.2) is 31.1 Å². The number of esters is 1. The molecule has 2 N–H and O–H groups in total. The summed E-state index contributed by atoms with van der Waals surface area (Å²) in [7, 11) is 0. The quantitative estimate of drug-likeness (QED) is 0.789. The Morgan fingerprint density at radius 3 is 2.32 bits per heavy atom. The molecular formula is C16H22N2O4. The van der Waals surface area contributed by atoms with Gasteiger partial charge in [0.15, 0.2) is 6.61 Å². The van der Waals surface area contributed by atoms with E-state index in [0.29, 0.717) is 18.0 Å². The topological polar surface area (TPSA) is 84.5 Å². The molecule has 6 nitrogen and oxygen atoms in total. The number of benzene rings is 1. The number of ether oxygens (including phenoxy) is 1. The van der Waals surface area contributed by atoms with Gasteiger partial charge in [-0.15, -0.1) is 0 Å². The summed E-state index contributed by atoms with van der Waals surface area (Å²) in [6.45, 7) is 5.99. The third-order valence-electron chi connectivity index (χ3n) is 2.94. The predicted molar refractivity (Wildman–Crippen MR) is 82.6 cm³/mol. The highest BCUT2D eigenvalue weighted by molar-refractivity contribution is 5.97. The number of nitrogens with one attached hydrogen (secondary N) is 2. The first kappa shape index (κ1) is 17.7. The summed E-state index contributed by atoms with van der Waals surface area (Å²) in [6, 6.07) is 6.41. The van der Waals surface area contributed by atoms with Crippen molar-refractivity contribution in [2.75, 3.05) is 13.2 Å². The Morgan fingerprint density at radius 2 is 1.77 bits per heavy atom. The molecule has 3 amide bonds. The highest BCUT2D eigenvalue weighted by Gasteiger charge is 2.12. The van der Waals surface area contributed by atoms with Crippen molar-refractivity contribution in [3.63, 3.8) is 0 Å². The van der Waals surface area contributed by atoms with Crippen molar-refractivity contribution in [1.82, 2.24) is 10.6 Å². The van der Waals surface area contributed by atoms with Gasteiger partial charge in [0, 0.05) is 6.54 Å². The normalized spacial score (nSPS) is 10.2. The molecule has 0 aliphatic rings. The number of amides is 3. The summed E-state index contributed by atoms with van der Waals surface area (Å²) in [6.07, 6.45) is 0.767. The first-order valence-electron chi connectivity index (χ1n) is 7.28. The summed E-state index contributed by atoms with van der Waals surface area (Å²) in [5.41, 5.74) is 1.48. The first-order valence-corrected chi connectivity index (χ1v) is 7.28. The molecule has 0 fully saturated rings. The van der Waals surface area contributed by atoms with E-state index in [4.69, 9.17) is 4.74 Å². The zero-order valence-corrected chi connectivity index (χ0v) is 13.1. The molecule has 0 unspecified atom stereocenters. The molecule has 0 aromatic heterocycles. The van der Waals surface area contributed by atoms with Crippen molar-refractivity contribution >= 4 is 17.9 Å². The third-order valence-corrected chi connectivity index (χ3v) is 2.94. The Hall–Kier alpha value is -2.37. The van der Waals surface area contributed by atoms with Crippen LogP contribution in [0.15, 0.2) is 24.3 Å². The van der Waals surface area contributed by atoms with Crippen molar-refractivity contribution < 1.29 is 19.1 Å². The molecule has 0 heterocycles. The fourth-order valence-corrected chi connectivity index (χ4v) is 1.66. The van der Waals surface area contributed by atoms with E-state index >= 15 is 0 Å². The van der Waals surface area contributed by atoms with Crippen LogP contribution >= 0.6 is 0 Å². The van der Waals surface area contributed by atoms with E-state index in [0.717, 1.165) is 12.0 Å². The van der Waals surface area contributed by atoms with Crippen LogP contribution in [0.25, 0.3) is 0 Å². The van der Waals surface area contributed by atoms with Gasteiger partial charge in [-0.1, -0.05) is 32.9 Å². The van der Waals surface area contributed by atoms with Gasteiger partial charge in [0.25, 0.3) is 5.91 Å². The van der Waals surface area contributed by atoms with E-state index in [1.807, 2.05) is 19.1 Å². The lowest BCUT2D eigenvalue weighted by Gasteiger charge is -2.08. The van der Waals surface area contributed by atoms with Crippen LogP contribution in [-0.2, 0) is 9.53 Å². The molecule has 1 aromatic carbocycles. The van der Waals surface area contributed by atoms with E-state index in [1.54, 1.807) is 12.1 Å². The van der Waals surface area contributed by atoms with Crippen LogP contribution < -0.4 is 10.6 Å². The third kappa shape index (κ3) is 5.95. The lowest BCUT2D eigenvalue weighted by Crippen LogP contribution is -2.41. The molecule has 0 bridgehead atoms. The average Bonchev–Trinajstić information content (AvgIpc) is 2.50. The number of hydrogen-bond donors (Lipinski definition) is 2. The van der Waals surface area contributed by atoms with Gasteiger partial charge < -0.3 is 10.1 Å². The standard InChI is InChI=1S/C16H22N2O4/c1-4-9-17-16(21)18-14(19)10-22-15(20)13-7-5-12(6-8-13)11(2)3/h5-8,11H,4,9-10H2,1-3H3,(H2,17,18,19,21). The maximum atomic E-state index is 11.8. The Labute approximate surface area is 130 Å². The van der Waals surface area contributed by atoms with Gasteiger partial charge in [-0.3, -0.25) is 10.1 Å². The largest absolute Gasteiger partial charge is 0.452 e. The lowest BCUT2D eigenvalue weighted by atomic mass is 10.0. The second kappa shape index (κ2) is 8.81. The molecule has 6 heteroatoms. The maximum absolute atomic E-state index is 11.8. The molecule has 0 saturated carbocycles. The van der Waals surface area contributed by atoms with Crippen LogP contribution in [0.2, 0.25) is 0 Å². The van der Waals surface area contributed by atoms with Gasteiger partial charge in [-0.2, -0.15) is 0 Å². The van der Waals surface area contributed by atoms with Crippen LogP contribution in [0.4, 0.5) is 4.79 Å². The van der Waals surface area contributed by atoms with Crippen LogP contribution in [0, 0.1) is 0 Å². The Kier molecular flexibility index (Phi) is 7.08. The number of rotatable bonds is 6. The minimum absolute atomic E-state index is 0.368. The molecule has 0 aliphatic carbocycles. The Bertz CT molecular complexity index is 523. The van der Waals surface area contributed by atoms with Crippen LogP contribution in [0.5, 0.6) is 0 Å². The molecule has 120 valence electrons. The predicted octanol–water partition coefficient (Wildman–Crippen LogP) is 2.20. The molecule has 0 aliphatic heterocycles. The van der Waals surface area contributed by atoms with Gasteiger partial charge in [-0.05, 0) is 30.0 Å². The fraction of sp³-hybridized carbons (Fsp3) is 0.438. The Balaban J connectivity index is 2.42. The highest BCUT2D eigenvalue weighted by Crippen LogP contribution is 2.15. The molecule has 22 heavy (non-hydrogen) atoms. The van der Waals surface area contributed by atoms with Crippen molar-refractivity contribution in [1.29, 1.82) is 0 Å². The van der Waals surface area contributed by atoms with Gasteiger partial charge in [-0.25, -0.2) is 9.59 Å². The molecule has 1 rings (SSSR count). The van der Waals surface area contributed by atoms with Gasteiger partial charge in [0.2, 0.25) is 0 Å². The van der Waals surface area contributed by atoms with Crippen LogP contribution in [0.3, 0.4) is 0 Å². The summed E-state index contributed by atoms with van der Waals surface area (Å²) in [5.74, 6) is -0.891. The van der Waals surface area contributed by atoms with Crippen molar-refractivity contribution in [2.24, 2.45) is 0 Å². The minimum Gasteiger partial charge on any atom is -0.452 e. The summed E-state index contributed by atoms with van der Waals surface area (Å²) < 4.78 is 4.86. The van der Waals surface area contributed by atoms with Crippen LogP contribution in [0.1, 0.15) is 49.0 Å². The van der Waals surface area contributed by atoms with E-state index in [-0.39, 0.29) is 0 Å². The maximum Gasteiger partial charge on any atom is 0.338 e. The van der Waals surface area contributed by atoms with E-state index in [9.17, 15) is 14.4 Å². The first-order chi connectivity index (χ1) is 10.4. The van der Waals surface area contributed by atoms with E-state index < -0.39 is 24.5 Å². The zero-order valence-electron chi connectivity index (χ0n) is 13.1.